The molecular weight excluding hydrogens is 308 g/mol. The second-order valence-corrected chi connectivity index (χ2v) is 7.09. The zero-order valence-electron chi connectivity index (χ0n) is 11.3. The number of furan rings is 1. The molecule has 1 amide bonds. The average Bonchev–Trinajstić information content (AvgIpc) is 3.22. The molecule has 6 heteroatoms. The number of nitrogens with one attached hydrogen (secondary N) is 2. The lowest BCUT2D eigenvalue weighted by atomic mass is 9.95. The maximum Gasteiger partial charge on any atom is 0.261 e. The molecule has 2 N–H and O–H groups in total. The van der Waals surface area contributed by atoms with Gasteiger partial charge in [-0.2, -0.15) is 0 Å². The van der Waals surface area contributed by atoms with Gasteiger partial charge < -0.3 is 15.1 Å². The number of fused-ring (bicyclic) bond motifs is 2. The van der Waals surface area contributed by atoms with Crippen molar-refractivity contribution in [1.82, 2.24) is 10.6 Å². The Morgan fingerprint density at radius 3 is 2.90 bits per heavy atom. The minimum Gasteiger partial charge on any atom is -0.444 e. The fourth-order valence-corrected chi connectivity index (χ4v) is 4.28. The summed E-state index contributed by atoms with van der Waals surface area (Å²) < 4.78 is 5.37. The molecule has 3 atom stereocenters. The Morgan fingerprint density at radius 1 is 1.33 bits per heavy atom. The molecule has 2 aromatic rings. The fraction of sp³-hybridized carbons (Fsp3) is 0.400. The lowest BCUT2D eigenvalue weighted by Crippen LogP contribution is -2.42. The highest BCUT2D eigenvalue weighted by atomic mass is 35.5. The van der Waals surface area contributed by atoms with E-state index in [9.17, 15) is 4.79 Å². The van der Waals surface area contributed by atoms with Crippen molar-refractivity contribution in [3.63, 3.8) is 0 Å². The first-order valence-electron chi connectivity index (χ1n) is 7.11. The molecule has 0 aliphatic carbocycles. The van der Waals surface area contributed by atoms with E-state index >= 15 is 0 Å². The smallest absolute Gasteiger partial charge is 0.261 e. The number of thiophene rings is 1. The van der Waals surface area contributed by atoms with Crippen molar-refractivity contribution >= 4 is 28.8 Å². The van der Waals surface area contributed by atoms with Crippen LogP contribution in [0.15, 0.2) is 28.7 Å². The summed E-state index contributed by atoms with van der Waals surface area (Å²) in [4.78, 5) is 14.0. The number of rotatable bonds is 3. The average molecular weight is 323 g/mol. The molecule has 0 aromatic carbocycles. The van der Waals surface area contributed by atoms with Gasteiger partial charge in [-0.15, -0.1) is 11.3 Å². The van der Waals surface area contributed by atoms with Crippen molar-refractivity contribution in [3.05, 3.63) is 34.4 Å². The molecule has 0 radical (unpaired) electrons. The second kappa shape index (κ2) is 5.16. The third-order valence-corrected chi connectivity index (χ3v) is 5.56. The van der Waals surface area contributed by atoms with Crippen molar-refractivity contribution in [2.24, 2.45) is 0 Å². The molecule has 110 valence electrons. The van der Waals surface area contributed by atoms with Crippen LogP contribution in [0.4, 0.5) is 0 Å². The topological polar surface area (TPSA) is 54.3 Å². The maximum atomic E-state index is 12.3. The van der Waals surface area contributed by atoms with Crippen LogP contribution < -0.4 is 10.6 Å². The van der Waals surface area contributed by atoms with Crippen LogP contribution in [0.2, 0.25) is 5.22 Å². The number of carbonyl (C=O) groups excluding carboxylic acids is 1. The number of carbonyl (C=O) groups is 1. The Hall–Kier alpha value is -1.30. The molecule has 2 aliphatic rings. The van der Waals surface area contributed by atoms with E-state index in [1.54, 1.807) is 6.07 Å². The van der Waals surface area contributed by atoms with Gasteiger partial charge in [0.2, 0.25) is 0 Å². The SMILES string of the molecule is O=C(N[C@@H]1C[C@H]2CC[C@@H]1N2)c1ccc(-c2ccc(Cl)o2)s1. The summed E-state index contributed by atoms with van der Waals surface area (Å²) in [5.41, 5.74) is 0. The van der Waals surface area contributed by atoms with Crippen LogP contribution in [0.5, 0.6) is 0 Å². The predicted molar refractivity (Wildman–Crippen MR) is 82.8 cm³/mol. The van der Waals surface area contributed by atoms with Gasteiger partial charge in [0, 0.05) is 18.1 Å². The maximum absolute atomic E-state index is 12.3. The van der Waals surface area contributed by atoms with Crippen LogP contribution in [0, 0.1) is 0 Å². The Kier molecular flexibility index (Phi) is 3.28. The van der Waals surface area contributed by atoms with E-state index in [0.29, 0.717) is 27.9 Å². The van der Waals surface area contributed by atoms with E-state index in [2.05, 4.69) is 10.6 Å². The Morgan fingerprint density at radius 2 is 2.24 bits per heavy atom. The molecule has 2 aromatic heterocycles. The van der Waals surface area contributed by atoms with Crippen LogP contribution in [0.1, 0.15) is 28.9 Å². The summed E-state index contributed by atoms with van der Waals surface area (Å²) in [7, 11) is 0. The monoisotopic (exact) mass is 322 g/mol. The Labute approximate surface area is 131 Å². The molecule has 0 unspecified atom stereocenters. The summed E-state index contributed by atoms with van der Waals surface area (Å²) >= 11 is 7.21. The Balaban J connectivity index is 1.46. The van der Waals surface area contributed by atoms with E-state index in [0.717, 1.165) is 17.7 Å². The third-order valence-electron chi connectivity index (χ3n) is 4.26. The van der Waals surface area contributed by atoms with Gasteiger partial charge >= 0.3 is 0 Å². The third kappa shape index (κ3) is 2.50. The molecule has 2 bridgehead atoms. The van der Waals surface area contributed by atoms with E-state index in [4.69, 9.17) is 16.0 Å². The predicted octanol–water partition coefficient (Wildman–Crippen LogP) is 3.28. The molecule has 0 saturated carbocycles. The molecule has 4 rings (SSSR count). The van der Waals surface area contributed by atoms with E-state index < -0.39 is 0 Å². The summed E-state index contributed by atoms with van der Waals surface area (Å²) in [5.74, 6) is 0.703. The van der Waals surface area contributed by atoms with Crippen molar-refractivity contribution in [2.45, 2.75) is 37.4 Å². The van der Waals surface area contributed by atoms with Crippen molar-refractivity contribution in [2.75, 3.05) is 0 Å². The van der Waals surface area contributed by atoms with Gasteiger partial charge in [-0.25, -0.2) is 0 Å². The lowest BCUT2D eigenvalue weighted by molar-refractivity contribution is 0.0935. The fourth-order valence-electron chi connectivity index (χ4n) is 3.26. The van der Waals surface area contributed by atoms with E-state index in [1.807, 2.05) is 18.2 Å². The molecule has 2 saturated heterocycles. The lowest BCUT2D eigenvalue weighted by Gasteiger charge is -2.20. The molecule has 2 aliphatic heterocycles. The minimum atomic E-state index is 0.00301. The first-order chi connectivity index (χ1) is 10.2. The van der Waals surface area contributed by atoms with Gasteiger partial charge in [-0.05, 0) is 55.1 Å². The molecule has 4 nitrogen and oxygen atoms in total. The standard InChI is InChI=1S/C15H15ClN2O2S/c16-14-6-3-11(20-14)12-4-5-13(21-12)15(19)18-10-7-8-1-2-9(10)17-8/h3-6,8-10,17H,1-2,7H2,(H,18,19)/t8-,9+,10-/m1/s1. The van der Waals surface area contributed by atoms with Gasteiger partial charge in [0.05, 0.1) is 9.75 Å². The van der Waals surface area contributed by atoms with Crippen molar-refractivity contribution in [1.29, 1.82) is 0 Å². The molecule has 21 heavy (non-hydrogen) atoms. The number of halogens is 1. The highest BCUT2D eigenvalue weighted by Crippen LogP contribution is 2.32. The van der Waals surface area contributed by atoms with Gasteiger partial charge in [-0.3, -0.25) is 4.79 Å². The molecular formula is C15H15ClN2O2S. The molecule has 4 heterocycles. The minimum absolute atomic E-state index is 0.00301. The summed E-state index contributed by atoms with van der Waals surface area (Å²) in [6, 6.07) is 8.55. The van der Waals surface area contributed by atoms with Crippen LogP contribution in [-0.2, 0) is 0 Å². The summed E-state index contributed by atoms with van der Waals surface area (Å²) in [5, 5.41) is 7.04. The number of hydrogen-bond donors (Lipinski definition) is 2. The van der Waals surface area contributed by atoms with Crippen LogP contribution >= 0.6 is 22.9 Å². The number of amides is 1. The van der Waals surface area contributed by atoms with Gasteiger partial charge in [0.15, 0.2) is 5.22 Å². The first kappa shape index (κ1) is 13.4. The molecule has 0 spiro atoms. The quantitative estimate of drug-likeness (QED) is 0.911. The van der Waals surface area contributed by atoms with E-state index in [1.165, 1.54) is 17.8 Å². The van der Waals surface area contributed by atoms with Gasteiger partial charge in [0.1, 0.15) is 5.76 Å². The zero-order chi connectivity index (χ0) is 14.4. The van der Waals surface area contributed by atoms with Gasteiger partial charge in [-0.1, -0.05) is 0 Å². The molecule has 2 fully saturated rings. The zero-order valence-corrected chi connectivity index (χ0v) is 12.8. The van der Waals surface area contributed by atoms with Crippen LogP contribution in [-0.4, -0.2) is 24.0 Å². The second-order valence-electron chi connectivity index (χ2n) is 5.63. The summed E-state index contributed by atoms with van der Waals surface area (Å²) in [6.07, 6.45) is 3.44. The van der Waals surface area contributed by atoms with Crippen LogP contribution in [0.3, 0.4) is 0 Å². The van der Waals surface area contributed by atoms with Gasteiger partial charge in [0.25, 0.3) is 5.91 Å². The number of hydrogen-bond acceptors (Lipinski definition) is 4. The largest absolute Gasteiger partial charge is 0.444 e. The van der Waals surface area contributed by atoms with Crippen LogP contribution in [0.25, 0.3) is 10.6 Å². The Bertz CT molecular complexity index is 681. The van der Waals surface area contributed by atoms with Crippen molar-refractivity contribution in [3.8, 4) is 10.6 Å². The normalized spacial score (nSPS) is 27.2. The summed E-state index contributed by atoms with van der Waals surface area (Å²) in [6.45, 7) is 0. The highest BCUT2D eigenvalue weighted by Gasteiger charge is 2.39. The van der Waals surface area contributed by atoms with E-state index in [-0.39, 0.29) is 11.9 Å². The van der Waals surface area contributed by atoms with Crippen molar-refractivity contribution < 1.29 is 9.21 Å². The highest BCUT2D eigenvalue weighted by molar-refractivity contribution is 7.17. The first-order valence-corrected chi connectivity index (χ1v) is 8.31.